The van der Waals surface area contributed by atoms with Gasteiger partial charge in [0.05, 0.1) is 31.4 Å². The second kappa shape index (κ2) is 9.93. The summed E-state index contributed by atoms with van der Waals surface area (Å²) < 4.78 is 13.1. The molecular formula is C26H27N5O3. The third kappa shape index (κ3) is 4.72. The van der Waals surface area contributed by atoms with Crippen molar-refractivity contribution in [3.05, 3.63) is 84.3 Å². The molecule has 0 unspecified atom stereocenters. The first kappa shape index (κ1) is 21.9. The second-order valence-corrected chi connectivity index (χ2v) is 8.35. The summed E-state index contributed by atoms with van der Waals surface area (Å²) in [6.07, 6.45) is 6.23. The van der Waals surface area contributed by atoms with Crippen molar-refractivity contribution in [2.24, 2.45) is 5.92 Å². The molecule has 1 aliphatic rings. The van der Waals surface area contributed by atoms with Crippen molar-refractivity contribution in [2.45, 2.75) is 6.42 Å². The molecule has 1 atom stereocenters. The number of nitrogens with one attached hydrogen (secondary N) is 1. The van der Waals surface area contributed by atoms with Crippen LogP contribution in [0.1, 0.15) is 15.9 Å². The Morgan fingerprint density at radius 3 is 3.03 bits per heavy atom. The molecule has 0 radical (unpaired) electrons. The van der Waals surface area contributed by atoms with Gasteiger partial charge < -0.3 is 19.7 Å². The molecule has 174 valence electrons. The molecule has 8 nitrogen and oxygen atoms in total. The van der Waals surface area contributed by atoms with Crippen LogP contribution in [0.4, 0.5) is 11.5 Å². The number of carbonyl (C=O) groups excluding carboxylic acids is 1. The number of fused-ring (bicyclic) bond motifs is 1. The first-order valence-electron chi connectivity index (χ1n) is 11.4. The second-order valence-electron chi connectivity index (χ2n) is 8.35. The number of ether oxygens (including phenoxy) is 2. The Balaban J connectivity index is 1.35. The molecule has 34 heavy (non-hydrogen) atoms. The largest absolute Gasteiger partial charge is 0.497 e. The number of hydrogen-bond donors (Lipinski definition) is 1. The van der Waals surface area contributed by atoms with E-state index in [1.165, 1.54) is 5.56 Å². The number of amides is 1. The zero-order valence-electron chi connectivity index (χ0n) is 19.1. The Morgan fingerprint density at radius 1 is 1.18 bits per heavy atom. The number of rotatable bonds is 6. The maximum absolute atomic E-state index is 13.6. The van der Waals surface area contributed by atoms with Crippen LogP contribution in [0.2, 0.25) is 0 Å². The van der Waals surface area contributed by atoms with Crippen LogP contribution >= 0.6 is 0 Å². The molecule has 1 aliphatic heterocycles. The summed E-state index contributed by atoms with van der Waals surface area (Å²) in [5, 5.41) is 7.60. The minimum atomic E-state index is -0.0587. The summed E-state index contributed by atoms with van der Waals surface area (Å²) in [6.45, 7) is 2.28. The van der Waals surface area contributed by atoms with Gasteiger partial charge in [-0.05, 0) is 48.4 Å². The molecule has 1 aromatic carbocycles. The molecule has 0 spiro atoms. The smallest absolute Gasteiger partial charge is 0.257 e. The fraction of sp³-hybridized carbons (Fsp3) is 0.269. The summed E-state index contributed by atoms with van der Waals surface area (Å²) in [5.74, 6) is 1.37. The highest BCUT2D eigenvalue weighted by Crippen LogP contribution is 2.25. The number of anilines is 2. The van der Waals surface area contributed by atoms with Crippen molar-refractivity contribution in [1.29, 1.82) is 0 Å². The topological polar surface area (TPSA) is 81.0 Å². The molecule has 1 fully saturated rings. The van der Waals surface area contributed by atoms with E-state index < -0.39 is 0 Å². The molecule has 5 rings (SSSR count). The Kier molecular flexibility index (Phi) is 6.40. The van der Waals surface area contributed by atoms with Crippen LogP contribution in [0, 0.1) is 5.92 Å². The molecular weight excluding hydrogens is 430 g/mol. The first-order valence-corrected chi connectivity index (χ1v) is 11.4. The van der Waals surface area contributed by atoms with Crippen LogP contribution in [0.15, 0.2) is 73.2 Å². The SMILES string of the molecule is COc1cccc(Nc2ncccc2C(=O)N2CCOC[C@H](Cc3cccn4nccc34)C2)c1. The highest BCUT2D eigenvalue weighted by atomic mass is 16.5. The van der Waals surface area contributed by atoms with Crippen molar-refractivity contribution in [1.82, 2.24) is 19.5 Å². The van der Waals surface area contributed by atoms with E-state index >= 15 is 0 Å². The van der Waals surface area contributed by atoms with E-state index in [0.717, 1.165) is 23.4 Å². The lowest BCUT2D eigenvalue weighted by atomic mass is 9.99. The van der Waals surface area contributed by atoms with Crippen molar-refractivity contribution in [2.75, 3.05) is 38.7 Å². The number of methoxy groups -OCH3 is 1. The van der Waals surface area contributed by atoms with Crippen LogP contribution < -0.4 is 10.1 Å². The summed E-state index contributed by atoms with van der Waals surface area (Å²) in [7, 11) is 1.63. The van der Waals surface area contributed by atoms with Gasteiger partial charge in [-0.15, -0.1) is 0 Å². The maximum atomic E-state index is 13.6. The average Bonchev–Trinajstić information content (AvgIpc) is 3.24. The summed E-state index contributed by atoms with van der Waals surface area (Å²) >= 11 is 0. The van der Waals surface area contributed by atoms with E-state index in [1.807, 2.05) is 58.1 Å². The zero-order chi connectivity index (χ0) is 23.3. The van der Waals surface area contributed by atoms with Crippen LogP contribution in [0.25, 0.3) is 5.52 Å². The normalized spacial score (nSPS) is 16.3. The van der Waals surface area contributed by atoms with Gasteiger partial charge >= 0.3 is 0 Å². The lowest BCUT2D eigenvalue weighted by Gasteiger charge is -2.25. The number of pyridine rings is 2. The van der Waals surface area contributed by atoms with Gasteiger partial charge in [0.15, 0.2) is 0 Å². The number of benzene rings is 1. The lowest BCUT2D eigenvalue weighted by molar-refractivity contribution is 0.0738. The van der Waals surface area contributed by atoms with Crippen molar-refractivity contribution in [3.63, 3.8) is 0 Å². The third-order valence-electron chi connectivity index (χ3n) is 6.03. The van der Waals surface area contributed by atoms with Gasteiger partial charge in [0.25, 0.3) is 5.91 Å². The van der Waals surface area contributed by atoms with E-state index in [2.05, 4.69) is 21.5 Å². The molecule has 1 N–H and O–H groups in total. The van der Waals surface area contributed by atoms with Crippen LogP contribution in [0.3, 0.4) is 0 Å². The van der Waals surface area contributed by atoms with Crippen LogP contribution in [0.5, 0.6) is 5.75 Å². The Hall–Kier alpha value is -3.91. The van der Waals surface area contributed by atoms with E-state index in [9.17, 15) is 4.79 Å². The highest BCUT2D eigenvalue weighted by Gasteiger charge is 2.26. The molecule has 3 aromatic heterocycles. The number of carbonyl (C=O) groups is 1. The molecule has 1 saturated heterocycles. The van der Waals surface area contributed by atoms with E-state index in [-0.39, 0.29) is 11.8 Å². The Labute approximate surface area is 198 Å². The fourth-order valence-electron chi connectivity index (χ4n) is 4.37. The van der Waals surface area contributed by atoms with Gasteiger partial charge in [-0.3, -0.25) is 4.79 Å². The predicted octanol–water partition coefficient (Wildman–Crippen LogP) is 3.81. The molecule has 4 aromatic rings. The summed E-state index contributed by atoms with van der Waals surface area (Å²) in [6, 6.07) is 17.3. The molecule has 0 saturated carbocycles. The Bertz CT molecular complexity index is 1290. The van der Waals surface area contributed by atoms with Gasteiger partial charge in [0.2, 0.25) is 0 Å². The van der Waals surface area contributed by atoms with Crippen LogP contribution in [-0.4, -0.2) is 58.8 Å². The lowest BCUT2D eigenvalue weighted by Crippen LogP contribution is -2.36. The minimum Gasteiger partial charge on any atom is -0.497 e. The number of aromatic nitrogens is 3. The molecule has 8 heteroatoms. The number of hydrogen-bond acceptors (Lipinski definition) is 6. The highest BCUT2D eigenvalue weighted by molar-refractivity contribution is 5.99. The summed E-state index contributed by atoms with van der Waals surface area (Å²) in [5.41, 5.74) is 3.62. The molecule has 0 bridgehead atoms. The minimum absolute atomic E-state index is 0.0587. The van der Waals surface area contributed by atoms with Gasteiger partial charge in [0.1, 0.15) is 11.6 Å². The quantitative estimate of drug-likeness (QED) is 0.474. The van der Waals surface area contributed by atoms with Gasteiger partial charge in [-0.1, -0.05) is 12.1 Å². The van der Waals surface area contributed by atoms with E-state index in [0.29, 0.717) is 37.7 Å². The maximum Gasteiger partial charge on any atom is 0.257 e. The third-order valence-corrected chi connectivity index (χ3v) is 6.03. The first-order chi connectivity index (χ1) is 16.7. The fourth-order valence-corrected chi connectivity index (χ4v) is 4.37. The average molecular weight is 458 g/mol. The summed E-state index contributed by atoms with van der Waals surface area (Å²) in [4.78, 5) is 19.9. The van der Waals surface area contributed by atoms with Gasteiger partial charge in [-0.2, -0.15) is 5.10 Å². The number of nitrogens with zero attached hydrogens (tertiary/aromatic N) is 4. The van der Waals surface area contributed by atoms with Crippen molar-refractivity contribution < 1.29 is 14.3 Å². The van der Waals surface area contributed by atoms with Crippen molar-refractivity contribution >= 4 is 22.9 Å². The van der Waals surface area contributed by atoms with Gasteiger partial charge in [-0.25, -0.2) is 9.50 Å². The molecule has 0 aliphatic carbocycles. The Morgan fingerprint density at radius 2 is 2.12 bits per heavy atom. The van der Waals surface area contributed by atoms with E-state index in [4.69, 9.17) is 9.47 Å². The zero-order valence-corrected chi connectivity index (χ0v) is 19.1. The molecule has 4 heterocycles. The van der Waals surface area contributed by atoms with Crippen LogP contribution in [-0.2, 0) is 11.2 Å². The van der Waals surface area contributed by atoms with E-state index in [1.54, 1.807) is 25.6 Å². The monoisotopic (exact) mass is 457 g/mol. The molecule has 1 amide bonds. The van der Waals surface area contributed by atoms with Crippen molar-refractivity contribution in [3.8, 4) is 5.75 Å². The van der Waals surface area contributed by atoms with Gasteiger partial charge in [0, 0.05) is 49.4 Å². The predicted molar refractivity (Wildman–Crippen MR) is 130 cm³/mol. The standard InChI is InChI=1S/C26H27N5O3/c1-33-22-7-2-6-21(16-22)29-25-23(8-3-10-27-25)26(32)30-13-14-34-18-19(17-30)15-20-5-4-12-31-24(20)9-11-28-31/h2-12,16,19H,13-15,17-18H2,1H3,(H,27,29)/t19-/m1/s1.